The van der Waals surface area contributed by atoms with Crippen LogP contribution in [0, 0.1) is 5.92 Å². The van der Waals surface area contributed by atoms with Crippen molar-refractivity contribution < 1.29 is 9.47 Å². The predicted octanol–water partition coefficient (Wildman–Crippen LogP) is 3.37. The summed E-state index contributed by atoms with van der Waals surface area (Å²) in [4.78, 5) is 0. The molecule has 0 spiro atoms. The number of rotatable bonds is 8. The van der Waals surface area contributed by atoms with Gasteiger partial charge in [-0.3, -0.25) is 0 Å². The van der Waals surface area contributed by atoms with Crippen LogP contribution in [0.2, 0.25) is 0 Å². The van der Waals surface area contributed by atoms with E-state index in [9.17, 15) is 0 Å². The molecule has 106 valence electrons. The Bertz CT molecular complexity index is 400. The number of hydrogen-bond acceptors (Lipinski definition) is 3. The molecule has 1 aliphatic rings. The third-order valence-electron chi connectivity index (χ3n) is 3.42. The molecule has 2 rings (SSSR count). The van der Waals surface area contributed by atoms with Crippen molar-refractivity contribution in [3.05, 3.63) is 23.8 Å². The highest BCUT2D eigenvalue weighted by Crippen LogP contribution is 2.33. The van der Waals surface area contributed by atoms with Crippen molar-refractivity contribution >= 4 is 0 Å². The van der Waals surface area contributed by atoms with Crippen LogP contribution < -0.4 is 14.8 Å². The van der Waals surface area contributed by atoms with E-state index in [1.54, 1.807) is 7.11 Å². The lowest BCUT2D eigenvalue weighted by Crippen LogP contribution is -2.21. The second-order valence-corrected chi connectivity index (χ2v) is 5.60. The van der Waals surface area contributed by atoms with Gasteiger partial charge in [0.1, 0.15) is 0 Å². The Morgan fingerprint density at radius 3 is 2.68 bits per heavy atom. The van der Waals surface area contributed by atoms with Crippen molar-refractivity contribution in [1.29, 1.82) is 0 Å². The molecule has 0 unspecified atom stereocenters. The Balaban J connectivity index is 1.93. The van der Waals surface area contributed by atoms with Crippen molar-refractivity contribution in [1.82, 2.24) is 5.32 Å². The lowest BCUT2D eigenvalue weighted by molar-refractivity contribution is 0.282. The molecule has 1 aliphatic carbocycles. The zero-order valence-corrected chi connectivity index (χ0v) is 12.2. The first kappa shape index (κ1) is 14.2. The average Bonchev–Trinajstić information content (AvgIpc) is 3.20. The predicted molar refractivity (Wildman–Crippen MR) is 77.8 cm³/mol. The second-order valence-electron chi connectivity index (χ2n) is 5.60. The molecule has 0 amide bonds. The molecule has 1 N–H and O–H groups in total. The van der Waals surface area contributed by atoms with E-state index < -0.39 is 0 Å². The first-order chi connectivity index (χ1) is 9.19. The number of nitrogens with one attached hydrogen (secondary N) is 1. The van der Waals surface area contributed by atoms with Crippen molar-refractivity contribution in [3.8, 4) is 11.5 Å². The van der Waals surface area contributed by atoms with E-state index in [0.29, 0.717) is 6.04 Å². The summed E-state index contributed by atoms with van der Waals surface area (Å²) in [5, 5.41) is 3.41. The average molecular weight is 263 g/mol. The lowest BCUT2D eigenvalue weighted by Gasteiger charge is -2.13. The molecule has 0 aliphatic heterocycles. The van der Waals surface area contributed by atoms with E-state index in [1.807, 2.05) is 6.07 Å². The fourth-order valence-corrected chi connectivity index (χ4v) is 2.01. The van der Waals surface area contributed by atoms with Crippen molar-refractivity contribution in [3.63, 3.8) is 0 Å². The summed E-state index contributed by atoms with van der Waals surface area (Å²) in [7, 11) is 1.69. The Morgan fingerprint density at radius 1 is 1.26 bits per heavy atom. The molecule has 0 bridgehead atoms. The Morgan fingerprint density at radius 2 is 2.05 bits per heavy atom. The van der Waals surface area contributed by atoms with E-state index in [1.165, 1.54) is 18.4 Å². The van der Waals surface area contributed by atoms with Crippen LogP contribution in [0.25, 0.3) is 0 Å². The molecule has 3 nitrogen and oxygen atoms in total. The number of methoxy groups -OCH3 is 1. The highest BCUT2D eigenvalue weighted by Gasteiger charge is 2.21. The van der Waals surface area contributed by atoms with Crippen LogP contribution in [0.4, 0.5) is 0 Å². The van der Waals surface area contributed by atoms with Gasteiger partial charge in [-0.05, 0) is 30.0 Å². The van der Waals surface area contributed by atoms with Gasteiger partial charge >= 0.3 is 0 Å². The summed E-state index contributed by atoms with van der Waals surface area (Å²) in [6, 6.07) is 6.65. The zero-order valence-electron chi connectivity index (χ0n) is 12.2. The number of hydrogen-bond donors (Lipinski definition) is 1. The van der Waals surface area contributed by atoms with Gasteiger partial charge in [-0.15, -0.1) is 0 Å². The van der Waals surface area contributed by atoms with Gasteiger partial charge in [0.2, 0.25) is 0 Å². The molecular weight excluding hydrogens is 238 g/mol. The van der Waals surface area contributed by atoms with Crippen molar-refractivity contribution in [2.75, 3.05) is 13.7 Å². The largest absolute Gasteiger partial charge is 0.493 e. The van der Waals surface area contributed by atoms with E-state index in [0.717, 1.165) is 37.0 Å². The smallest absolute Gasteiger partial charge is 0.161 e. The molecule has 1 aromatic carbocycles. The Kier molecular flexibility index (Phi) is 5.08. The van der Waals surface area contributed by atoms with Gasteiger partial charge in [-0.1, -0.05) is 32.8 Å². The third kappa shape index (κ3) is 4.75. The second kappa shape index (κ2) is 6.80. The normalized spacial score (nSPS) is 14.7. The topological polar surface area (TPSA) is 30.5 Å². The molecule has 0 radical (unpaired) electrons. The fraction of sp³-hybridized carbons (Fsp3) is 0.625. The van der Waals surface area contributed by atoms with Gasteiger partial charge in [0.05, 0.1) is 13.7 Å². The summed E-state index contributed by atoms with van der Waals surface area (Å²) >= 11 is 0. The Labute approximate surface area is 116 Å². The highest BCUT2D eigenvalue weighted by atomic mass is 16.5. The minimum atomic E-state index is 0.487. The molecule has 3 heteroatoms. The molecular formula is C16H25NO2. The van der Waals surface area contributed by atoms with Crippen LogP contribution >= 0.6 is 0 Å². The van der Waals surface area contributed by atoms with E-state index in [4.69, 9.17) is 9.47 Å². The van der Waals surface area contributed by atoms with Gasteiger partial charge in [-0.25, -0.2) is 0 Å². The lowest BCUT2D eigenvalue weighted by atomic mass is 10.2. The summed E-state index contributed by atoms with van der Waals surface area (Å²) in [6.07, 6.45) is 3.91. The highest BCUT2D eigenvalue weighted by molar-refractivity contribution is 5.42. The standard InChI is InChI=1S/C16H25NO2/c1-12(2)17-11-14-6-7-15(18-3)16(10-14)19-9-8-13-4-5-13/h6-7,10,12-13,17H,4-5,8-9,11H2,1-3H3. The molecule has 0 saturated heterocycles. The summed E-state index contributed by atoms with van der Waals surface area (Å²) < 4.78 is 11.2. The van der Waals surface area contributed by atoms with Gasteiger partial charge in [0.15, 0.2) is 11.5 Å². The van der Waals surface area contributed by atoms with Gasteiger partial charge in [0, 0.05) is 12.6 Å². The maximum atomic E-state index is 5.87. The summed E-state index contributed by atoms with van der Waals surface area (Å²) in [6.45, 7) is 5.95. The summed E-state index contributed by atoms with van der Waals surface area (Å²) in [5.41, 5.74) is 1.23. The molecule has 0 heterocycles. The Hall–Kier alpha value is -1.22. The SMILES string of the molecule is COc1ccc(CNC(C)C)cc1OCCC1CC1. The van der Waals surface area contributed by atoms with Gasteiger partial charge in [0.25, 0.3) is 0 Å². The monoisotopic (exact) mass is 263 g/mol. The minimum Gasteiger partial charge on any atom is -0.493 e. The van der Waals surface area contributed by atoms with Crippen LogP contribution in [0.15, 0.2) is 18.2 Å². The van der Waals surface area contributed by atoms with Crippen LogP contribution in [-0.2, 0) is 6.54 Å². The molecule has 1 fully saturated rings. The van der Waals surface area contributed by atoms with E-state index in [2.05, 4.69) is 31.3 Å². The van der Waals surface area contributed by atoms with Crippen LogP contribution in [0.1, 0.15) is 38.7 Å². The minimum absolute atomic E-state index is 0.487. The molecule has 19 heavy (non-hydrogen) atoms. The van der Waals surface area contributed by atoms with Crippen LogP contribution in [0.3, 0.4) is 0 Å². The first-order valence-electron chi connectivity index (χ1n) is 7.22. The van der Waals surface area contributed by atoms with Crippen LogP contribution in [0.5, 0.6) is 11.5 Å². The quantitative estimate of drug-likeness (QED) is 0.780. The summed E-state index contributed by atoms with van der Waals surface area (Å²) in [5.74, 6) is 2.59. The van der Waals surface area contributed by atoms with Gasteiger partial charge < -0.3 is 14.8 Å². The fourth-order valence-electron chi connectivity index (χ4n) is 2.01. The third-order valence-corrected chi connectivity index (χ3v) is 3.42. The van der Waals surface area contributed by atoms with Gasteiger partial charge in [-0.2, -0.15) is 0 Å². The maximum Gasteiger partial charge on any atom is 0.161 e. The van der Waals surface area contributed by atoms with Crippen molar-refractivity contribution in [2.24, 2.45) is 5.92 Å². The van der Waals surface area contributed by atoms with Crippen molar-refractivity contribution in [2.45, 2.75) is 45.7 Å². The molecule has 1 saturated carbocycles. The van der Waals surface area contributed by atoms with Crippen LogP contribution in [-0.4, -0.2) is 19.8 Å². The zero-order chi connectivity index (χ0) is 13.7. The number of ether oxygens (including phenoxy) is 2. The van der Waals surface area contributed by atoms with E-state index >= 15 is 0 Å². The number of benzene rings is 1. The van der Waals surface area contributed by atoms with E-state index in [-0.39, 0.29) is 0 Å². The first-order valence-corrected chi connectivity index (χ1v) is 7.22. The molecule has 0 atom stereocenters. The maximum absolute atomic E-state index is 5.87. The molecule has 1 aromatic rings. The molecule has 0 aromatic heterocycles.